The second-order valence-corrected chi connectivity index (χ2v) is 8.67. The van der Waals surface area contributed by atoms with E-state index < -0.39 is 0 Å². The normalized spacial score (nSPS) is 11.8. The molecule has 0 radical (unpaired) electrons. The number of nitrogens with zero attached hydrogens (tertiary/aromatic N) is 7. The summed E-state index contributed by atoms with van der Waals surface area (Å²) in [5.74, 6) is 3.72. The monoisotopic (exact) mass is 476 g/mol. The molecule has 8 nitrogen and oxygen atoms in total. The molecule has 0 aliphatic rings. The first kappa shape index (κ1) is 23.2. The predicted molar refractivity (Wildman–Crippen MR) is 143 cm³/mol. The number of benzene rings is 2. The van der Waals surface area contributed by atoms with Crippen molar-refractivity contribution in [3.8, 4) is 17.1 Å². The van der Waals surface area contributed by atoms with Crippen molar-refractivity contribution in [2.75, 3.05) is 17.3 Å². The maximum absolute atomic E-state index is 4.73. The zero-order chi connectivity index (χ0) is 24.9. The SMILES string of the molecule is Cc1nccn1-c1cccc(C[C@H](C)Nc2nccc(N(C)c3ccnc(-c4ccccc4)n3)n2)c1. The largest absolute Gasteiger partial charge is 0.351 e. The summed E-state index contributed by atoms with van der Waals surface area (Å²) < 4.78 is 2.08. The molecule has 5 rings (SSSR count). The van der Waals surface area contributed by atoms with E-state index in [0.717, 1.165) is 35.1 Å². The molecule has 36 heavy (non-hydrogen) atoms. The quantitative estimate of drug-likeness (QED) is 0.328. The average Bonchev–Trinajstić information content (AvgIpc) is 3.35. The predicted octanol–water partition coefficient (Wildman–Crippen LogP) is 5.24. The summed E-state index contributed by atoms with van der Waals surface area (Å²) in [6, 6.07) is 22.3. The standard InChI is InChI=1S/C28H28N8/c1-20(18-22-8-7-11-24(19-22)36-17-16-29-21(36)2)32-28-31-15-13-26(34-28)35(3)25-12-14-30-27(33-25)23-9-5-4-6-10-23/h4-17,19-20H,18H2,1-3H3,(H,31,32,34)/t20-/m0/s1. The number of hydrogen-bond donors (Lipinski definition) is 1. The van der Waals surface area contributed by atoms with Crippen molar-refractivity contribution in [3.05, 3.63) is 103 Å². The van der Waals surface area contributed by atoms with E-state index in [1.807, 2.05) is 73.7 Å². The number of rotatable bonds is 8. The van der Waals surface area contributed by atoms with E-state index >= 15 is 0 Å². The van der Waals surface area contributed by atoms with E-state index in [-0.39, 0.29) is 6.04 Å². The molecule has 0 bridgehead atoms. The lowest BCUT2D eigenvalue weighted by Gasteiger charge is -2.19. The topological polar surface area (TPSA) is 84.7 Å². The lowest BCUT2D eigenvalue weighted by molar-refractivity contribution is 0.775. The van der Waals surface area contributed by atoms with E-state index in [2.05, 4.69) is 56.0 Å². The second-order valence-electron chi connectivity index (χ2n) is 8.67. The van der Waals surface area contributed by atoms with Crippen molar-refractivity contribution in [1.29, 1.82) is 0 Å². The van der Waals surface area contributed by atoms with Crippen LogP contribution in [0.15, 0.2) is 91.5 Å². The fraction of sp³-hybridized carbons (Fsp3) is 0.179. The van der Waals surface area contributed by atoms with Gasteiger partial charge in [-0.1, -0.05) is 42.5 Å². The Labute approximate surface area is 210 Å². The Balaban J connectivity index is 1.28. The Morgan fingerprint density at radius 2 is 1.64 bits per heavy atom. The lowest BCUT2D eigenvalue weighted by atomic mass is 10.1. The highest BCUT2D eigenvalue weighted by molar-refractivity contribution is 5.61. The van der Waals surface area contributed by atoms with Crippen molar-refractivity contribution in [3.63, 3.8) is 0 Å². The van der Waals surface area contributed by atoms with E-state index in [9.17, 15) is 0 Å². The third-order valence-corrected chi connectivity index (χ3v) is 5.93. The molecule has 1 N–H and O–H groups in total. The van der Waals surface area contributed by atoms with Crippen LogP contribution in [-0.2, 0) is 6.42 Å². The zero-order valence-electron chi connectivity index (χ0n) is 20.6. The summed E-state index contributed by atoms with van der Waals surface area (Å²) in [7, 11) is 1.94. The highest BCUT2D eigenvalue weighted by Gasteiger charge is 2.12. The van der Waals surface area contributed by atoms with Gasteiger partial charge in [-0.15, -0.1) is 0 Å². The van der Waals surface area contributed by atoms with Crippen molar-refractivity contribution in [1.82, 2.24) is 29.5 Å². The fourth-order valence-corrected chi connectivity index (χ4v) is 4.09. The minimum Gasteiger partial charge on any atom is -0.351 e. The number of aromatic nitrogens is 6. The van der Waals surface area contributed by atoms with Gasteiger partial charge >= 0.3 is 0 Å². The molecule has 0 unspecified atom stereocenters. The number of hydrogen-bond acceptors (Lipinski definition) is 7. The molecule has 0 amide bonds. The summed E-state index contributed by atoms with van der Waals surface area (Å²) in [6.07, 6.45) is 8.15. The van der Waals surface area contributed by atoms with Crippen molar-refractivity contribution < 1.29 is 0 Å². The van der Waals surface area contributed by atoms with Crippen LogP contribution in [0.1, 0.15) is 18.3 Å². The minimum absolute atomic E-state index is 0.133. The Morgan fingerprint density at radius 1 is 0.861 bits per heavy atom. The summed E-state index contributed by atoms with van der Waals surface area (Å²) in [5, 5.41) is 3.44. The van der Waals surface area contributed by atoms with Crippen LogP contribution in [-0.4, -0.2) is 42.6 Å². The van der Waals surface area contributed by atoms with Crippen LogP contribution < -0.4 is 10.2 Å². The van der Waals surface area contributed by atoms with E-state index in [4.69, 9.17) is 9.97 Å². The Morgan fingerprint density at radius 3 is 2.42 bits per heavy atom. The van der Waals surface area contributed by atoms with E-state index in [1.54, 1.807) is 12.4 Å². The van der Waals surface area contributed by atoms with Gasteiger partial charge in [0, 0.05) is 49.1 Å². The maximum Gasteiger partial charge on any atom is 0.224 e. The summed E-state index contributed by atoms with van der Waals surface area (Å²) >= 11 is 0. The molecule has 3 aromatic heterocycles. The van der Waals surface area contributed by atoms with Gasteiger partial charge in [-0.2, -0.15) is 4.98 Å². The van der Waals surface area contributed by atoms with Gasteiger partial charge < -0.3 is 14.8 Å². The third-order valence-electron chi connectivity index (χ3n) is 5.93. The molecule has 0 aliphatic carbocycles. The maximum atomic E-state index is 4.73. The molecular formula is C28H28N8. The smallest absolute Gasteiger partial charge is 0.224 e. The highest BCUT2D eigenvalue weighted by atomic mass is 15.3. The first-order valence-corrected chi connectivity index (χ1v) is 11.9. The molecule has 5 aromatic rings. The van der Waals surface area contributed by atoms with Crippen LogP contribution in [0.5, 0.6) is 0 Å². The molecule has 180 valence electrons. The van der Waals surface area contributed by atoms with Gasteiger partial charge in [0.1, 0.15) is 17.5 Å². The molecule has 0 saturated carbocycles. The average molecular weight is 477 g/mol. The zero-order valence-corrected chi connectivity index (χ0v) is 20.6. The molecule has 2 aromatic carbocycles. The van der Waals surface area contributed by atoms with Gasteiger partial charge in [0.15, 0.2) is 5.82 Å². The third kappa shape index (κ3) is 5.22. The molecular weight excluding hydrogens is 448 g/mol. The van der Waals surface area contributed by atoms with Gasteiger partial charge in [0.2, 0.25) is 5.95 Å². The van der Waals surface area contributed by atoms with Crippen molar-refractivity contribution in [2.24, 2.45) is 0 Å². The van der Waals surface area contributed by atoms with Crippen LogP contribution in [0.2, 0.25) is 0 Å². The van der Waals surface area contributed by atoms with Gasteiger partial charge in [-0.05, 0) is 50.1 Å². The van der Waals surface area contributed by atoms with Crippen LogP contribution >= 0.6 is 0 Å². The molecule has 0 fully saturated rings. The van der Waals surface area contributed by atoms with E-state index in [1.165, 1.54) is 5.56 Å². The van der Waals surface area contributed by atoms with Crippen LogP contribution in [0.3, 0.4) is 0 Å². The highest BCUT2D eigenvalue weighted by Crippen LogP contribution is 2.23. The summed E-state index contributed by atoms with van der Waals surface area (Å²) in [4.78, 5) is 24.6. The summed E-state index contributed by atoms with van der Waals surface area (Å²) in [6.45, 7) is 4.13. The Kier molecular flexibility index (Phi) is 6.66. The van der Waals surface area contributed by atoms with Crippen LogP contribution in [0.4, 0.5) is 17.6 Å². The minimum atomic E-state index is 0.133. The van der Waals surface area contributed by atoms with E-state index in [0.29, 0.717) is 11.8 Å². The molecule has 0 spiro atoms. The number of nitrogens with one attached hydrogen (secondary N) is 1. The molecule has 8 heteroatoms. The Hall–Kier alpha value is -4.59. The van der Waals surface area contributed by atoms with Gasteiger partial charge in [-0.25, -0.2) is 19.9 Å². The lowest BCUT2D eigenvalue weighted by Crippen LogP contribution is -2.21. The molecule has 0 aliphatic heterocycles. The summed E-state index contributed by atoms with van der Waals surface area (Å²) in [5.41, 5.74) is 3.30. The van der Waals surface area contributed by atoms with Gasteiger partial charge in [-0.3, -0.25) is 0 Å². The second kappa shape index (κ2) is 10.4. The van der Waals surface area contributed by atoms with Gasteiger partial charge in [0.05, 0.1) is 0 Å². The molecule has 1 atom stereocenters. The number of anilines is 3. The number of aryl methyl sites for hydroxylation is 1. The fourth-order valence-electron chi connectivity index (χ4n) is 4.09. The van der Waals surface area contributed by atoms with Crippen LogP contribution in [0.25, 0.3) is 17.1 Å². The number of imidazole rings is 1. The van der Waals surface area contributed by atoms with Crippen molar-refractivity contribution >= 4 is 17.6 Å². The Bertz CT molecular complexity index is 1450. The van der Waals surface area contributed by atoms with Crippen molar-refractivity contribution in [2.45, 2.75) is 26.3 Å². The van der Waals surface area contributed by atoms with Gasteiger partial charge in [0.25, 0.3) is 0 Å². The molecule has 0 saturated heterocycles. The molecule has 3 heterocycles. The van der Waals surface area contributed by atoms with Crippen LogP contribution in [0, 0.1) is 6.92 Å². The first-order chi connectivity index (χ1) is 17.6. The first-order valence-electron chi connectivity index (χ1n) is 11.9.